The molecule has 3 N–H and O–H groups in total. The van der Waals surface area contributed by atoms with Gasteiger partial charge in [-0.1, -0.05) is 0 Å². The zero-order valence-corrected chi connectivity index (χ0v) is 10.1. The van der Waals surface area contributed by atoms with Gasteiger partial charge in [0.25, 0.3) is 0 Å². The maximum absolute atomic E-state index is 9.74. The average Bonchev–Trinajstić information content (AvgIpc) is 2.62. The molecule has 0 radical (unpaired) electrons. The van der Waals surface area contributed by atoms with E-state index in [1.807, 2.05) is 6.92 Å². The molecule has 1 aromatic heterocycles. The molecule has 1 heterocycles. The Kier molecular flexibility index (Phi) is 2.67. The highest BCUT2D eigenvalue weighted by atomic mass is 16.5. The van der Waals surface area contributed by atoms with Crippen LogP contribution in [0.2, 0.25) is 0 Å². The Hall–Kier alpha value is -2.17. The smallest absolute Gasteiger partial charge is 0.128 e. The van der Waals surface area contributed by atoms with Crippen molar-refractivity contribution in [2.45, 2.75) is 6.92 Å². The topological polar surface area (TPSA) is 73.3 Å². The van der Waals surface area contributed by atoms with Crippen molar-refractivity contribution in [3.8, 4) is 22.8 Å². The maximum Gasteiger partial charge on any atom is 0.128 e. The van der Waals surface area contributed by atoms with E-state index >= 15 is 0 Å². The van der Waals surface area contributed by atoms with Crippen LogP contribution in [0.4, 0.5) is 5.82 Å². The van der Waals surface area contributed by atoms with Gasteiger partial charge in [-0.25, -0.2) is 0 Å². The number of aromatic nitrogens is 2. The predicted octanol–water partition coefficient (Wildman–Crippen LogP) is 1.69. The lowest BCUT2D eigenvalue weighted by molar-refractivity contribution is 0.413. The highest BCUT2D eigenvalue weighted by molar-refractivity contribution is 5.71. The highest BCUT2D eigenvalue weighted by Gasteiger charge is 2.13. The number of benzene rings is 1. The number of ether oxygens (including phenoxy) is 1. The van der Waals surface area contributed by atoms with Gasteiger partial charge >= 0.3 is 0 Å². The van der Waals surface area contributed by atoms with Gasteiger partial charge in [0.05, 0.1) is 12.8 Å². The Morgan fingerprint density at radius 3 is 2.59 bits per heavy atom. The van der Waals surface area contributed by atoms with Crippen molar-refractivity contribution < 1.29 is 9.84 Å². The number of nitrogen functional groups attached to an aromatic ring is 1. The summed E-state index contributed by atoms with van der Waals surface area (Å²) < 4.78 is 6.86. The van der Waals surface area contributed by atoms with Gasteiger partial charge in [0.2, 0.25) is 0 Å². The zero-order chi connectivity index (χ0) is 12.6. The van der Waals surface area contributed by atoms with Crippen molar-refractivity contribution >= 4 is 5.82 Å². The molecule has 0 amide bonds. The number of nitrogens with two attached hydrogens (primary N) is 1. The van der Waals surface area contributed by atoms with E-state index in [0.717, 1.165) is 11.1 Å². The van der Waals surface area contributed by atoms with Crippen LogP contribution in [-0.4, -0.2) is 22.0 Å². The van der Waals surface area contributed by atoms with Crippen LogP contribution < -0.4 is 10.5 Å². The van der Waals surface area contributed by atoms with E-state index in [1.165, 1.54) is 0 Å². The second kappa shape index (κ2) is 4.01. The fourth-order valence-corrected chi connectivity index (χ4v) is 1.65. The molecule has 0 aliphatic rings. The average molecular weight is 233 g/mol. The number of methoxy groups -OCH3 is 1. The second-order valence-corrected chi connectivity index (χ2v) is 3.92. The van der Waals surface area contributed by atoms with Crippen molar-refractivity contribution in [1.29, 1.82) is 0 Å². The van der Waals surface area contributed by atoms with Crippen molar-refractivity contribution in [3.63, 3.8) is 0 Å². The number of hydrogen-bond donors (Lipinski definition) is 2. The van der Waals surface area contributed by atoms with Crippen molar-refractivity contribution in [1.82, 2.24) is 9.78 Å². The van der Waals surface area contributed by atoms with E-state index in [0.29, 0.717) is 17.3 Å². The Balaban J connectivity index is 2.61. The maximum atomic E-state index is 9.74. The van der Waals surface area contributed by atoms with Crippen LogP contribution in [-0.2, 0) is 7.05 Å². The summed E-state index contributed by atoms with van der Waals surface area (Å²) in [5.74, 6) is 1.44. The lowest BCUT2D eigenvalue weighted by Gasteiger charge is -2.08. The number of phenols is 1. The molecule has 2 rings (SSSR count). The fourth-order valence-electron chi connectivity index (χ4n) is 1.65. The number of aryl methyl sites for hydroxylation is 2. The van der Waals surface area contributed by atoms with E-state index in [1.54, 1.807) is 37.0 Å². The van der Waals surface area contributed by atoms with Gasteiger partial charge in [-0.05, 0) is 24.6 Å². The minimum Gasteiger partial charge on any atom is -0.508 e. The molecule has 0 aliphatic heterocycles. The van der Waals surface area contributed by atoms with Crippen LogP contribution in [0.1, 0.15) is 5.56 Å². The minimum atomic E-state index is 0.213. The molecule has 2 aromatic rings. The van der Waals surface area contributed by atoms with Crippen LogP contribution in [0.15, 0.2) is 18.2 Å². The number of anilines is 1. The lowest BCUT2D eigenvalue weighted by Crippen LogP contribution is -1.96. The molecular weight excluding hydrogens is 218 g/mol. The largest absolute Gasteiger partial charge is 0.508 e. The summed E-state index contributed by atoms with van der Waals surface area (Å²) in [6.45, 7) is 1.81. The molecule has 5 nitrogen and oxygen atoms in total. The molecule has 0 fully saturated rings. The Bertz CT molecular complexity index is 542. The van der Waals surface area contributed by atoms with Gasteiger partial charge in [0.1, 0.15) is 17.3 Å². The predicted molar refractivity (Wildman–Crippen MR) is 66.0 cm³/mol. The third-order valence-electron chi connectivity index (χ3n) is 2.71. The number of hydrogen-bond acceptors (Lipinski definition) is 4. The summed E-state index contributed by atoms with van der Waals surface area (Å²) in [4.78, 5) is 0. The Morgan fingerprint density at radius 2 is 2.06 bits per heavy atom. The summed E-state index contributed by atoms with van der Waals surface area (Å²) in [5.41, 5.74) is 7.90. The van der Waals surface area contributed by atoms with Crippen molar-refractivity contribution in [3.05, 3.63) is 23.8 Å². The first-order valence-electron chi connectivity index (χ1n) is 5.20. The monoisotopic (exact) mass is 233 g/mol. The SMILES string of the molecule is COc1cc(C)c(O)cc1-c1cc(N)n(C)n1. The molecule has 90 valence electrons. The van der Waals surface area contributed by atoms with Crippen molar-refractivity contribution in [2.24, 2.45) is 7.05 Å². The van der Waals surface area contributed by atoms with E-state index in [-0.39, 0.29) is 5.75 Å². The first-order valence-corrected chi connectivity index (χ1v) is 5.20. The van der Waals surface area contributed by atoms with Gasteiger partial charge in [-0.15, -0.1) is 0 Å². The van der Waals surface area contributed by atoms with Gasteiger partial charge in [-0.2, -0.15) is 5.10 Å². The molecule has 17 heavy (non-hydrogen) atoms. The molecule has 0 bridgehead atoms. The number of rotatable bonds is 2. The third-order valence-corrected chi connectivity index (χ3v) is 2.71. The summed E-state index contributed by atoms with van der Waals surface area (Å²) in [7, 11) is 3.35. The normalized spacial score (nSPS) is 10.5. The Morgan fingerprint density at radius 1 is 1.35 bits per heavy atom. The van der Waals surface area contributed by atoms with Gasteiger partial charge in [0.15, 0.2) is 0 Å². The summed E-state index contributed by atoms with van der Waals surface area (Å²) in [6, 6.07) is 5.15. The molecular formula is C12H15N3O2. The van der Waals surface area contributed by atoms with Gasteiger partial charge in [0, 0.05) is 18.7 Å². The summed E-state index contributed by atoms with van der Waals surface area (Å²) in [6.07, 6.45) is 0. The zero-order valence-electron chi connectivity index (χ0n) is 10.1. The van der Waals surface area contributed by atoms with Crippen LogP contribution in [0, 0.1) is 6.92 Å². The first kappa shape index (κ1) is 11.3. The molecule has 0 saturated carbocycles. The quantitative estimate of drug-likeness (QED) is 0.827. The molecule has 5 heteroatoms. The molecule has 0 saturated heterocycles. The number of nitrogens with zero attached hydrogens (tertiary/aromatic N) is 2. The minimum absolute atomic E-state index is 0.213. The standard InChI is InChI=1S/C12H15N3O2/c1-7-4-11(17-3)8(5-10(7)16)9-6-12(13)15(2)14-9/h4-6,16H,13H2,1-3H3. The van der Waals surface area contributed by atoms with Gasteiger partial charge in [-0.3, -0.25) is 4.68 Å². The van der Waals surface area contributed by atoms with E-state index < -0.39 is 0 Å². The lowest BCUT2D eigenvalue weighted by atomic mass is 10.1. The van der Waals surface area contributed by atoms with Crippen molar-refractivity contribution in [2.75, 3.05) is 12.8 Å². The first-order chi connectivity index (χ1) is 8.02. The number of aromatic hydroxyl groups is 1. The van der Waals surface area contributed by atoms with Crippen LogP contribution in [0.25, 0.3) is 11.3 Å². The third kappa shape index (κ3) is 1.91. The van der Waals surface area contributed by atoms with Gasteiger partial charge < -0.3 is 15.6 Å². The molecule has 0 unspecified atom stereocenters. The fraction of sp³-hybridized carbons (Fsp3) is 0.250. The van der Waals surface area contributed by atoms with Crippen LogP contribution in [0.3, 0.4) is 0 Å². The number of phenolic OH excluding ortho intramolecular Hbond substituents is 1. The van der Waals surface area contributed by atoms with Crippen LogP contribution in [0.5, 0.6) is 11.5 Å². The summed E-state index contributed by atoms with van der Waals surface area (Å²) >= 11 is 0. The van der Waals surface area contributed by atoms with E-state index in [4.69, 9.17) is 10.5 Å². The van der Waals surface area contributed by atoms with E-state index in [9.17, 15) is 5.11 Å². The molecule has 0 aliphatic carbocycles. The van der Waals surface area contributed by atoms with E-state index in [2.05, 4.69) is 5.10 Å². The highest BCUT2D eigenvalue weighted by Crippen LogP contribution is 2.35. The summed E-state index contributed by atoms with van der Waals surface area (Å²) in [5, 5.41) is 14.0. The van der Waals surface area contributed by atoms with Crippen LogP contribution >= 0.6 is 0 Å². The molecule has 0 spiro atoms. The molecule has 1 aromatic carbocycles. The second-order valence-electron chi connectivity index (χ2n) is 3.92. The Labute approximate surface area is 99.4 Å². The molecule has 0 atom stereocenters.